The Morgan fingerprint density at radius 1 is 1.26 bits per heavy atom. The molecule has 0 aromatic heterocycles. The summed E-state index contributed by atoms with van der Waals surface area (Å²) < 4.78 is 4.93. The van der Waals surface area contributed by atoms with Crippen molar-refractivity contribution in [3.8, 4) is 0 Å². The fraction of sp³-hybridized carbons (Fsp3) is 0.800. The molecule has 2 rings (SSSR count). The molecule has 1 atom stereocenters. The average molecular weight is 266 g/mol. The first-order chi connectivity index (χ1) is 9.11. The zero-order valence-corrected chi connectivity index (χ0v) is 11.6. The van der Waals surface area contributed by atoms with E-state index < -0.39 is 5.41 Å². The maximum atomic E-state index is 12.2. The molecule has 0 radical (unpaired) electrons. The number of esters is 1. The van der Waals surface area contributed by atoms with E-state index >= 15 is 0 Å². The van der Waals surface area contributed by atoms with Crippen LogP contribution in [0.25, 0.3) is 0 Å². The third-order valence-electron chi connectivity index (χ3n) is 4.65. The molecule has 1 spiro atoms. The van der Waals surface area contributed by atoms with Crippen LogP contribution in [-0.2, 0) is 19.1 Å². The molecule has 0 bridgehead atoms. The van der Waals surface area contributed by atoms with Crippen LogP contribution in [0.15, 0.2) is 0 Å². The van der Waals surface area contributed by atoms with Gasteiger partial charge in [0.25, 0.3) is 0 Å². The molecule has 2 aliphatic carbocycles. The van der Waals surface area contributed by atoms with Gasteiger partial charge < -0.3 is 4.74 Å². The highest BCUT2D eigenvalue weighted by Gasteiger charge is 2.54. The predicted molar refractivity (Wildman–Crippen MR) is 69.5 cm³/mol. The second kappa shape index (κ2) is 5.85. The quantitative estimate of drug-likeness (QED) is 0.579. The molecular weight excluding hydrogens is 244 g/mol. The Labute approximate surface area is 113 Å². The lowest BCUT2D eigenvalue weighted by atomic mass is 9.62. The number of carbonyl (C=O) groups is 3. The van der Waals surface area contributed by atoms with Gasteiger partial charge in [0, 0.05) is 19.3 Å². The largest absolute Gasteiger partial charge is 0.466 e. The SMILES string of the molecule is CCOC(=O)CCC1CCCCC12C(=O)CCC2=O. The van der Waals surface area contributed by atoms with Crippen LogP contribution in [-0.4, -0.2) is 24.1 Å². The fourth-order valence-corrected chi connectivity index (χ4v) is 3.72. The first-order valence-corrected chi connectivity index (χ1v) is 7.33. The van der Waals surface area contributed by atoms with Gasteiger partial charge >= 0.3 is 5.97 Å². The molecule has 4 heteroatoms. The van der Waals surface area contributed by atoms with Gasteiger partial charge in [-0.3, -0.25) is 14.4 Å². The maximum Gasteiger partial charge on any atom is 0.305 e. The van der Waals surface area contributed by atoms with Gasteiger partial charge in [-0.1, -0.05) is 12.8 Å². The number of hydrogen-bond acceptors (Lipinski definition) is 4. The molecule has 0 saturated heterocycles. The van der Waals surface area contributed by atoms with Crippen molar-refractivity contribution in [2.75, 3.05) is 6.61 Å². The van der Waals surface area contributed by atoms with Crippen molar-refractivity contribution in [3.05, 3.63) is 0 Å². The van der Waals surface area contributed by atoms with Crippen LogP contribution in [0.4, 0.5) is 0 Å². The van der Waals surface area contributed by atoms with E-state index in [1.807, 2.05) is 0 Å². The van der Waals surface area contributed by atoms with Gasteiger partial charge in [0.05, 0.1) is 12.0 Å². The second-order valence-corrected chi connectivity index (χ2v) is 5.60. The molecule has 0 heterocycles. The van der Waals surface area contributed by atoms with E-state index in [0.717, 1.165) is 19.3 Å². The zero-order valence-electron chi connectivity index (χ0n) is 11.6. The summed E-state index contributed by atoms with van der Waals surface area (Å²) in [5, 5.41) is 0. The topological polar surface area (TPSA) is 60.4 Å². The van der Waals surface area contributed by atoms with Gasteiger partial charge in [0.2, 0.25) is 0 Å². The Hall–Kier alpha value is -1.19. The number of rotatable bonds is 4. The van der Waals surface area contributed by atoms with Crippen molar-refractivity contribution in [3.63, 3.8) is 0 Å². The van der Waals surface area contributed by atoms with Crippen molar-refractivity contribution in [2.24, 2.45) is 11.3 Å². The number of ether oxygens (including phenoxy) is 1. The van der Waals surface area contributed by atoms with Crippen LogP contribution in [0.5, 0.6) is 0 Å². The molecule has 2 fully saturated rings. The van der Waals surface area contributed by atoms with Crippen LogP contribution in [0.1, 0.15) is 58.3 Å². The minimum atomic E-state index is -0.745. The average Bonchev–Trinajstić information content (AvgIpc) is 2.67. The Kier molecular flexibility index (Phi) is 4.38. The van der Waals surface area contributed by atoms with E-state index in [1.165, 1.54) is 0 Å². The molecule has 1 unspecified atom stereocenters. The van der Waals surface area contributed by atoms with E-state index in [2.05, 4.69) is 0 Å². The van der Waals surface area contributed by atoms with Gasteiger partial charge in [-0.05, 0) is 32.1 Å². The molecule has 0 aromatic rings. The molecule has 0 aromatic carbocycles. The number of carbonyl (C=O) groups excluding carboxylic acids is 3. The minimum absolute atomic E-state index is 0.0492. The lowest BCUT2D eigenvalue weighted by molar-refractivity contribution is -0.147. The van der Waals surface area contributed by atoms with Crippen LogP contribution in [0, 0.1) is 11.3 Å². The van der Waals surface area contributed by atoms with E-state index in [-0.39, 0.29) is 23.5 Å². The predicted octanol–water partition coefficient (Wildman–Crippen LogP) is 2.44. The highest BCUT2D eigenvalue weighted by Crippen LogP contribution is 2.49. The molecular formula is C15H22O4. The summed E-state index contributed by atoms with van der Waals surface area (Å²) in [7, 11) is 0. The van der Waals surface area contributed by atoms with Gasteiger partial charge in [-0.15, -0.1) is 0 Å². The van der Waals surface area contributed by atoms with Gasteiger partial charge in [0.15, 0.2) is 0 Å². The molecule has 106 valence electrons. The summed E-state index contributed by atoms with van der Waals surface area (Å²) in [5.41, 5.74) is -0.745. The highest BCUT2D eigenvalue weighted by molar-refractivity contribution is 6.13. The molecule has 2 saturated carbocycles. The zero-order chi connectivity index (χ0) is 13.9. The summed E-state index contributed by atoms with van der Waals surface area (Å²) in [6, 6.07) is 0. The molecule has 4 nitrogen and oxygen atoms in total. The number of Topliss-reactive ketones (excluding diaryl/α,β-unsaturated/α-hetero) is 2. The fourth-order valence-electron chi connectivity index (χ4n) is 3.72. The van der Waals surface area contributed by atoms with Crippen molar-refractivity contribution in [2.45, 2.75) is 58.3 Å². The van der Waals surface area contributed by atoms with Crippen LogP contribution < -0.4 is 0 Å². The lowest BCUT2D eigenvalue weighted by Gasteiger charge is -2.38. The van der Waals surface area contributed by atoms with Crippen LogP contribution in [0.3, 0.4) is 0 Å². The third-order valence-corrected chi connectivity index (χ3v) is 4.65. The molecule has 0 amide bonds. The number of hydrogen-bond donors (Lipinski definition) is 0. The molecule has 19 heavy (non-hydrogen) atoms. The van der Waals surface area contributed by atoms with Crippen molar-refractivity contribution < 1.29 is 19.1 Å². The highest BCUT2D eigenvalue weighted by atomic mass is 16.5. The summed E-state index contributed by atoms with van der Waals surface area (Å²) in [4.78, 5) is 35.9. The van der Waals surface area contributed by atoms with Gasteiger partial charge in [-0.2, -0.15) is 0 Å². The molecule has 0 aliphatic heterocycles. The van der Waals surface area contributed by atoms with E-state index in [9.17, 15) is 14.4 Å². The standard InChI is InChI=1S/C15H22O4/c1-2-19-14(18)9-6-11-5-3-4-10-15(11)12(16)7-8-13(15)17/h11H,2-10H2,1H3. The Bertz CT molecular complexity index is 370. The Morgan fingerprint density at radius 3 is 2.58 bits per heavy atom. The minimum Gasteiger partial charge on any atom is -0.466 e. The first kappa shape index (κ1) is 14.2. The van der Waals surface area contributed by atoms with Crippen molar-refractivity contribution in [1.29, 1.82) is 0 Å². The molecule has 0 N–H and O–H groups in total. The Balaban J connectivity index is 2.06. The smallest absolute Gasteiger partial charge is 0.305 e. The van der Waals surface area contributed by atoms with Crippen molar-refractivity contribution >= 4 is 17.5 Å². The van der Waals surface area contributed by atoms with Crippen LogP contribution >= 0.6 is 0 Å². The summed E-state index contributed by atoms with van der Waals surface area (Å²) in [5.74, 6) is 0.0615. The van der Waals surface area contributed by atoms with Crippen molar-refractivity contribution in [1.82, 2.24) is 0 Å². The van der Waals surface area contributed by atoms with Crippen LogP contribution in [0.2, 0.25) is 0 Å². The molecule has 2 aliphatic rings. The third kappa shape index (κ3) is 2.58. The lowest BCUT2D eigenvalue weighted by Crippen LogP contribution is -2.43. The van der Waals surface area contributed by atoms with E-state index in [4.69, 9.17) is 4.74 Å². The van der Waals surface area contributed by atoms with Gasteiger partial charge in [-0.25, -0.2) is 0 Å². The second-order valence-electron chi connectivity index (χ2n) is 5.60. The van der Waals surface area contributed by atoms with Gasteiger partial charge in [0.1, 0.15) is 11.6 Å². The monoisotopic (exact) mass is 266 g/mol. The van der Waals surface area contributed by atoms with E-state index in [0.29, 0.717) is 38.7 Å². The number of ketones is 2. The summed E-state index contributed by atoms with van der Waals surface area (Å²) in [6.45, 7) is 2.16. The summed E-state index contributed by atoms with van der Waals surface area (Å²) >= 11 is 0. The Morgan fingerprint density at radius 2 is 1.95 bits per heavy atom. The maximum absolute atomic E-state index is 12.2. The van der Waals surface area contributed by atoms with E-state index in [1.54, 1.807) is 6.92 Å². The normalized spacial score (nSPS) is 25.8. The summed E-state index contributed by atoms with van der Waals surface area (Å²) in [6.07, 6.45) is 5.30. The first-order valence-electron chi connectivity index (χ1n) is 7.33.